The molecule has 2 heterocycles. The second-order valence-corrected chi connectivity index (χ2v) is 2.44. The van der Waals surface area contributed by atoms with E-state index >= 15 is 0 Å². The van der Waals surface area contributed by atoms with Crippen molar-refractivity contribution >= 4 is 5.78 Å². The molecule has 4 nitrogen and oxygen atoms in total. The lowest BCUT2D eigenvalue weighted by molar-refractivity contribution is 0.101. The Labute approximate surface area is 74.2 Å². The van der Waals surface area contributed by atoms with Gasteiger partial charge in [-0.2, -0.15) is 10.2 Å². The number of ketones is 1. The molecule has 0 amide bonds. The molecule has 0 aliphatic rings. The molecule has 0 N–H and O–H groups in total. The van der Waals surface area contributed by atoms with Crippen LogP contribution in [-0.4, -0.2) is 16.0 Å². The highest BCUT2D eigenvalue weighted by Gasteiger charge is 2.10. The molecule has 0 radical (unpaired) electrons. The summed E-state index contributed by atoms with van der Waals surface area (Å²) >= 11 is 0. The van der Waals surface area contributed by atoms with Crippen molar-refractivity contribution in [1.29, 1.82) is 0 Å². The van der Waals surface area contributed by atoms with Crippen molar-refractivity contribution in [2.24, 2.45) is 0 Å². The number of carbonyl (C=O) groups excluding carboxylic acids is 1. The molecule has 0 aliphatic carbocycles. The van der Waals surface area contributed by atoms with Crippen molar-refractivity contribution in [2.45, 2.75) is 0 Å². The van der Waals surface area contributed by atoms with Crippen molar-refractivity contribution < 1.29 is 9.21 Å². The SMILES string of the molecule is O=C(c1ccnnc1)c1ccco1. The van der Waals surface area contributed by atoms with Crippen LogP contribution in [0, 0.1) is 0 Å². The summed E-state index contributed by atoms with van der Waals surface area (Å²) in [6.07, 6.45) is 4.34. The van der Waals surface area contributed by atoms with E-state index in [1.807, 2.05) is 0 Å². The Bertz CT molecular complexity index is 395. The molecule has 0 fully saturated rings. The molecule has 0 spiro atoms. The third-order valence-electron chi connectivity index (χ3n) is 1.59. The zero-order valence-electron chi connectivity index (χ0n) is 6.68. The molecule has 0 aliphatic heterocycles. The summed E-state index contributed by atoms with van der Waals surface area (Å²) in [5, 5.41) is 7.18. The second kappa shape index (κ2) is 3.18. The first-order valence-electron chi connectivity index (χ1n) is 3.73. The average Bonchev–Trinajstić information content (AvgIpc) is 2.71. The van der Waals surface area contributed by atoms with Gasteiger partial charge in [0.05, 0.1) is 18.7 Å². The van der Waals surface area contributed by atoms with E-state index in [1.165, 1.54) is 18.7 Å². The van der Waals surface area contributed by atoms with Crippen LogP contribution in [0.2, 0.25) is 0 Å². The molecule has 0 aromatic carbocycles. The van der Waals surface area contributed by atoms with Crippen molar-refractivity contribution in [3.63, 3.8) is 0 Å². The lowest BCUT2D eigenvalue weighted by Gasteiger charge is -1.93. The summed E-state index contributed by atoms with van der Waals surface area (Å²) in [5.41, 5.74) is 0.477. The zero-order chi connectivity index (χ0) is 9.10. The first-order chi connectivity index (χ1) is 6.38. The number of aromatic nitrogens is 2. The zero-order valence-corrected chi connectivity index (χ0v) is 6.68. The van der Waals surface area contributed by atoms with Gasteiger partial charge in [-0.05, 0) is 18.2 Å². The third kappa shape index (κ3) is 1.46. The molecule has 0 saturated heterocycles. The highest BCUT2D eigenvalue weighted by molar-refractivity contribution is 6.06. The van der Waals surface area contributed by atoms with Crippen LogP contribution in [0.3, 0.4) is 0 Å². The minimum Gasteiger partial charge on any atom is -0.461 e. The lowest BCUT2D eigenvalue weighted by Crippen LogP contribution is -2.00. The second-order valence-electron chi connectivity index (χ2n) is 2.44. The Kier molecular flexibility index (Phi) is 1.88. The molecule has 13 heavy (non-hydrogen) atoms. The van der Waals surface area contributed by atoms with E-state index in [1.54, 1.807) is 18.2 Å². The number of furan rings is 1. The predicted molar refractivity (Wildman–Crippen MR) is 44.2 cm³/mol. The van der Waals surface area contributed by atoms with Gasteiger partial charge >= 0.3 is 0 Å². The first-order valence-corrected chi connectivity index (χ1v) is 3.73. The lowest BCUT2D eigenvalue weighted by atomic mass is 10.2. The van der Waals surface area contributed by atoms with Crippen LogP contribution in [0.1, 0.15) is 16.1 Å². The van der Waals surface area contributed by atoms with E-state index in [9.17, 15) is 4.79 Å². The van der Waals surface area contributed by atoms with E-state index in [0.29, 0.717) is 11.3 Å². The van der Waals surface area contributed by atoms with Crippen LogP contribution in [0.5, 0.6) is 0 Å². The van der Waals surface area contributed by atoms with Crippen molar-refractivity contribution in [3.8, 4) is 0 Å². The molecular weight excluding hydrogens is 168 g/mol. The maximum absolute atomic E-state index is 11.5. The Morgan fingerprint density at radius 1 is 1.31 bits per heavy atom. The van der Waals surface area contributed by atoms with E-state index < -0.39 is 0 Å². The highest BCUT2D eigenvalue weighted by atomic mass is 16.3. The normalized spacial score (nSPS) is 9.85. The number of nitrogens with zero attached hydrogens (tertiary/aromatic N) is 2. The van der Waals surface area contributed by atoms with Gasteiger partial charge < -0.3 is 4.42 Å². The van der Waals surface area contributed by atoms with Crippen LogP contribution < -0.4 is 0 Å². The highest BCUT2D eigenvalue weighted by Crippen LogP contribution is 2.07. The van der Waals surface area contributed by atoms with Gasteiger partial charge in [0, 0.05) is 5.56 Å². The van der Waals surface area contributed by atoms with E-state index in [0.717, 1.165) is 0 Å². The maximum Gasteiger partial charge on any atom is 0.229 e. The van der Waals surface area contributed by atoms with Gasteiger partial charge in [-0.25, -0.2) is 0 Å². The Morgan fingerprint density at radius 2 is 2.23 bits per heavy atom. The van der Waals surface area contributed by atoms with Crippen LogP contribution >= 0.6 is 0 Å². The Balaban J connectivity index is 2.34. The fraction of sp³-hybridized carbons (Fsp3) is 0. The number of carbonyl (C=O) groups is 1. The first kappa shape index (κ1) is 7.67. The molecule has 0 atom stereocenters. The standard InChI is InChI=1S/C9H6N2O2/c12-9(8-2-1-5-13-8)7-3-4-10-11-6-7/h1-6H. The Hall–Kier alpha value is -1.97. The van der Waals surface area contributed by atoms with Crippen molar-refractivity contribution in [3.05, 3.63) is 48.2 Å². The number of hydrogen-bond acceptors (Lipinski definition) is 4. The van der Waals surface area contributed by atoms with E-state index in [4.69, 9.17) is 4.42 Å². The molecule has 0 saturated carbocycles. The van der Waals surface area contributed by atoms with Crippen molar-refractivity contribution in [1.82, 2.24) is 10.2 Å². The molecule has 4 heteroatoms. The van der Waals surface area contributed by atoms with Crippen LogP contribution in [0.15, 0.2) is 41.3 Å². The summed E-state index contributed by atoms with van der Waals surface area (Å²) in [4.78, 5) is 11.5. The average molecular weight is 174 g/mol. The number of rotatable bonds is 2. The van der Waals surface area contributed by atoms with E-state index in [2.05, 4.69) is 10.2 Å². The summed E-state index contributed by atoms with van der Waals surface area (Å²) in [5.74, 6) is 0.132. The third-order valence-corrected chi connectivity index (χ3v) is 1.59. The number of hydrogen-bond donors (Lipinski definition) is 0. The summed E-state index contributed by atoms with van der Waals surface area (Å²) in [7, 11) is 0. The predicted octanol–water partition coefficient (Wildman–Crippen LogP) is 1.30. The summed E-state index contributed by atoms with van der Waals surface area (Å²) < 4.78 is 4.95. The van der Waals surface area contributed by atoms with Crippen LogP contribution in [-0.2, 0) is 0 Å². The topological polar surface area (TPSA) is 56.0 Å². The minimum atomic E-state index is -0.181. The monoisotopic (exact) mass is 174 g/mol. The fourth-order valence-electron chi connectivity index (χ4n) is 0.975. The largest absolute Gasteiger partial charge is 0.461 e. The van der Waals surface area contributed by atoms with E-state index in [-0.39, 0.29) is 5.78 Å². The van der Waals surface area contributed by atoms with Gasteiger partial charge in [0.1, 0.15) is 0 Å². The van der Waals surface area contributed by atoms with Gasteiger partial charge in [0.25, 0.3) is 0 Å². The molecule has 2 rings (SSSR count). The fourth-order valence-corrected chi connectivity index (χ4v) is 0.975. The van der Waals surface area contributed by atoms with Gasteiger partial charge in [-0.3, -0.25) is 4.79 Å². The maximum atomic E-state index is 11.5. The molecule has 2 aromatic heterocycles. The molecule has 0 unspecified atom stereocenters. The Morgan fingerprint density at radius 3 is 2.85 bits per heavy atom. The van der Waals surface area contributed by atoms with Gasteiger partial charge in [0.15, 0.2) is 5.76 Å². The van der Waals surface area contributed by atoms with Crippen LogP contribution in [0.4, 0.5) is 0 Å². The summed E-state index contributed by atoms with van der Waals surface area (Å²) in [6.45, 7) is 0. The van der Waals surface area contributed by atoms with Crippen LogP contribution in [0.25, 0.3) is 0 Å². The minimum absolute atomic E-state index is 0.181. The van der Waals surface area contributed by atoms with Gasteiger partial charge in [-0.15, -0.1) is 0 Å². The molecular formula is C9H6N2O2. The smallest absolute Gasteiger partial charge is 0.229 e. The van der Waals surface area contributed by atoms with Gasteiger partial charge in [0.2, 0.25) is 5.78 Å². The molecule has 0 bridgehead atoms. The molecule has 64 valence electrons. The quantitative estimate of drug-likeness (QED) is 0.644. The summed E-state index contributed by atoms with van der Waals surface area (Å²) in [6, 6.07) is 4.88. The molecule has 2 aromatic rings. The van der Waals surface area contributed by atoms with Crippen molar-refractivity contribution in [2.75, 3.05) is 0 Å². The van der Waals surface area contributed by atoms with Gasteiger partial charge in [-0.1, -0.05) is 0 Å².